The first kappa shape index (κ1) is 17.0. The highest BCUT2D eigenvalue weighted by Gasteiger charge is 2.23. The highest BCUT2D eigenvalue weighted by Crippen LogP contribution is 2.35. The van der Waals surface area contributed by atoms with Crippen LogP contribution < -0.4 is 20.1 Å². The first-order valence-electron chi connectivity index (χ1n) is 8.19. The Morgan fingerprint density at radius 1 is 1.12 bits per heavy atom. The Labute approximate surface area is 146 Å². The first-order valence-corrected chi connectivity index (χ1v) is 8.19. The number of nitrogens with zero attached hydrogens (tertiary/aromatic N) is 2. The molecule has 0 radical (unpaired) electrons. The minimum atomic E-state index is -0.254. The Morgan fingerprint density at radius 2 is 1.88 bits per heavy atom. The third kappa shape index (κ3) is 3.81. The molecule has 7 nitrogen and oxygen atoms in total. The van der Waals surface area contributed by atoms with Crippen LogP contribution in [0.4, 0.5) is 5.82 Å². The van der Waals surface area contributed by atoms with Gasteiger partial charge in [-0.3, -0.25) is 4.79 Å². The summed E-state index contributed by atoms with van der Waals surface area (Å²) in [6, 6.07) is 9.42. The van der Waals surface area contributed by atoms with E-state index in [2.05, 4.69) is 40.7 Å². The van der Waals surface area contributed by atoms with Gasteiger partial charge in [0.15, 0.2) is 17.2 Å². The molecule has 0 saturated carbocycles. The Bertz CT molecular complexity index is 759. The van der Waals surface area contributed by atoms with Crippen molar-refractivity contribution < 1.29 is 14.3 Å². The van der Waals surface area contributed by atoms with Crippen molar-refractivity contribution >= 4 is 11.7 Å². The predicted octanol–water partition coefficient (Wildman–Crippen LogP) is 2.00. The quantitative estimate of drug-likeness (QED) is 0.864. The lowest BCUT2D eigenvalue weighted by Crippen LogP contribution is -2.28. The van der Waals surface area contributed by atoms with Crippen LogP contribution in [0.5, 0.6) is 11.5 Å². The summed E-state index contributed by atoms with van der Waals surface area (Å²) in [6.45, 7) is 6.08. The molecule has 1 amide bonds. The number of carbonyl (C=O) groups excluding carboxylic acids is 1. The van der Waals surface area contributed by atoms with Gasteiger partial charge in [0, 0.05) is 19.0 Å². The molecular formula is C18H22N4O3. The van der Waals surface area contributed by atoms with Gasteiger partial charge in [-0.25, -0.2) is 0 Å². The van der Waals surface area contributed by atoms with E-state index in [4.69, 9.17) is 9.47 Å². The second-order valence-corrected chi connectivity index (χ2v) is 6.48. The molecule has 1 aromatic heterocycles. The molecule has 7 heteroatoms. The Balaban J connectivity index is 1.68. The molecule has 1 aliphatic rings. The molecule has 0 unspecified atom stereocenters. The number of aromatic nitrogens is 2. The minimum Gasteiger partial charge on any atom is -0.486 e. The van der Waals surface area contributed by atoms with Crippen molar-refractivity contribution in [2.24, 2.45) is 0 Å². The fraction of sp³-hybridized carbons (Fsp3) is 0.389. The van der Waals surface area contributed by atoms with Crippen LogP contribution in [-0.2, 0) is 5.41 Å². The van der Waals surface area contributed by atoms with Crippen molar-refractivity contribution in [3.05, 3.63) is 41.6 Å². The van der Waals surface area contributed by atoms with Crippen LogP contribution in [0.15, 0.2) is 30.3 Å². The van der Waals surface area contributed by atoms with Crippen LogP contribution in [0.2, 0.25) is 0 Å². The maximum atomic E-state index is 11.5. The lowest BCUT2D eigenvalue weighted by molar-refractivity contribution is 0.0957. The maximum Gasteiger partial charge on any atom is 0.271 e. The summed E-state index contributed by atoms with van der Waals surface area (Å²) in [4.78, 5) is 11.5. The van der Waals surface area contributed by atoms with Crippen LogP contribution in [0.1, 0.15) is 29.9 Å². The number of ether oxygens (including phenoxy) is 2. The maximum absolute atomic E-state index is 11.5. The number of carbonyl (C=O) groups is 1. The summed E-state index contributed by atoms with van der Waals surface area (Å²) in [5.41, 5.74) is 1.27. The van der Waals surface area contributed by atoms with E-state index >= 15 is 0 Å². The average molecular weight is 342 g/mol. The van der Waals surface area contributed by atoms with Crippen molar-refractivity contribution in [2.45, 2.75) is 19.3 Å². The molecule has 0 bridgehead atoms. The van der Waals surface area contributed by atoms with E-state index in [1.165, 1.54) is 0 Å². The SMILES string of the molecule is CNC(=O)c1ccc(NCC(C)(C)c2ccc3c(c2)OCCO3)nn1. The Kier molecular flexibility index (Phi) is 4.74. The lowest BCUT2D eigenvalue weighted by Gasteiger charge is -2.28. The third-order valence-corrected chi connectivity index (χ3v) is 4.16. The molecule has 0 spiro atoms. The van der Waals surface area contributed by atoms with Gasteiger partial charge in [0.25, 0.3) is 5.91 Å². The van der Waals surface area contributed by atoms with Crippen LogP contribution >= 0.6 is 0 Å². The normalized spacial score (nSPS) is 13.2. The highest BCUT2D eigenvalue weighted by molar-refractivity contribution is 5.91. The number of fused-ring (bicyclic) bond motifs is 1. The number of nitrogens with one attached hydrogen (secondary N) is 2. The topological polar surface area (TPSA) is 85.4 Å². The van der Waals surface area contributed by atoms with Crippen LogP contribution in [0, 0.1) is 0 Å². The number of benzene rings is 1. The second-order valence-electron chi connectivity index (χ2n) is 6.48. The van der Waals surface area contributed by atoms with Crippen LogP contribution in [-0.4, -0.2) is 42.9 Å². The molecule has 2 N–H and O–H groups in total. The fourth-order valence-corrected chi connectivity index (χ4v) is 2.55. The van der Waals surface area contributed by atoms with E-state index in [9.17, 15) is 4.79 Å². The molecule has 0 aliphatic carbocycles. The number of anilines is 1. The molecule has 3 rings (SSSR count). The summed E-state index contributed by atoms with van der Waals surface area (Å²) >= 11 is 0. The smallest absolute Gasteiger partial charge is 0.271 e. The van der Waals surface area contributed by atoms with Gasteiger partial charge in [0.05, 0.1) is 0 Å². The summed E-state index contributed by atoms with van der Waals surface area (Å²) in [5, 5.41) is 13.8. The monoisotopic (exact) mass is 342 g/mol. The summed E-state index contributed by atoms with van der Waals surface area (Å²) < 4.78 is 11.2. The summed E-state index contributed by atoms with van der Waals surface area (Å²) in [5.74, 6) is 1.94. The van der Waals surface area contributed by atoms with Crippen molar-refractivity contribution in [3.63, 3.8) is 0 Å². The van der Waals surface area contributed by atoms with Gasteiger partial charge in [0.2, 0.25) is 0 Å². The zero-order chi connectivity index (χ0) is 17.9. The van der Waals surface area contributed by atoms with E-state index in [1.54, 1.807) is 19.2 Å². The lowest BCUT2D eigenvalue weighted by atomic mass is 9.84. The number of amides is 1. The van der Waals surface area contributed by atoms with E-state index < -0.39 is 0 Å². The van der Waals surface area contributed by atoms with E-state index in [0.717, 1.165) is 17.1 Å². The number of rotatable bonds is 5. The van der Waals surface area contributed by atoms with Crippen molar-refractivity contribution in [2.75, 3.05) is 32.1 Å². The second kappa shape index (κ2) is 6.96. The van der Waals surface area contributed by atoms with E-state index in [1.807, 2.05) is 12.1 Å². The zero-order valence-electron chi connectivity index (χ0n) is 14.6. The van der Waals surface area contributed by atoms with E-state index in [0.29, 0.717) is 31.3 Å². The molecular weight excluding hydrogens is 320 g/mol. The molecule has 2 heterocycles. The van der Waals surface area contributed by atoms with Crippen molar-refractivity contribution in [1.29, 1.82) is 0 Å². The molecule has 1 aliphatic heterocycles. The number of hydrogen-bond acceptors (Lipinski definition) is 6. The molecule has 132 valence electrons. The van der Waals surface area contributed by atoms with Gasteiger partial charge in [-0.1, -0.05) is 19.9 Å². The molecule has 1 aromatic carbocycles. The molecule has 0 fully saturated rings. The van der Waals surface area contributed by atoms with Gasteiger partial charge >= 0.3 is 0 Å². The average Bonchev–Trinajstić information content (AvgIpc) is 2.66. The summed E-state index contributed by atoms with van der Waals surface area (Å²) in [7, 11) is 1.56. The Hall–Kier alpha value is -2.83. The molecule has 0 atom stereocenters. The highest BCUT2D eigenvalue weighted by atomic mass is 16.6. The minimum absolute atomic E-state index is 0.156. The predicted molar refractivity (Wildman–Crippen MR) is 94.4 cm³/mol. The molecule has 2 aromatic rings. The molecule has 25 heavy (non-hydrogen) atoms. The van der Waals surface area contributed by atoms with Crippen molar-refractivity contribution in [1.82, 2.24) is 15.5 Å². The van der Waals surface area contributed by atoms with Gasteiger partial charge in [0.1, 0.15) is 19.0 Å². The largest absolute Gasteiger partial charge is 0.486 e. The zero-order valence-corrected chi connectivity index (χ0v) is 14.6. The fourth-order valence-electron chi connectivity index (χ4n) is 2.55. The first-order chi connectivity index (χ1) is 12.0. The van der Waals surface area contributed by atoms with Crippen LogP contribution in [0.3, 0.4) is 0 Å². The third-order valence-electron chi connectivity index (χ3n) is 4.16. The molecule has 0 saturated heterocycles. The van der Waals surface area contributed by atoms with Gasteiger partial charge in [-0.2, -0.15) is 0 Å². The summed E-state index contributed by atoms with van der Waals surface area (Å²) in [6.07, 6.45) is 0. The van der Waals surface area contributed by atoms with Gasteiger partial charge < -0.3 is 20.1 Å². The van der Waals surface area contributed by atoms with Gasteiger partial charge in [-0.15, -0.1) is 10.2 Å². The van der Waals surface area contributed by atoms with Crippen LogP contribution in [0.25, 0.3) is 0 Å². The number of hydrogen-bond donors (Lipinski definition) is 2. The van der Waals surface area contributed by atoms with Gasteiger partial charge in [-0.05, 0) is 29.8 Å². The Morgan fingerprint density at radius 3 is 2.56 bits per heavy atom. The standard InChI is InChI=1S/C18H22N4O3/c1-18(2,12-4-6-14-15(10-12)25-9-8-24-14)11-20-16-7-5-13(21-22-16)17(23)19-3/h4-7,10H,8-9,11H2,1-3H3,(H,19,23)(H,20,22). The van der Waals surface area contributed by atoms with E-state index in [-0.39, 0.29) is 11.3 Å². The van der Waals surface area contributed by atoms with Crippen molar-refractivity contribution in [3.8, 4) is 11.5 Å².